The van der Waals surface area contributed by atoms with Gasteiger partial charge in [-0.05, 0) is 24.3 Å². The van der Waals surface area contributed by atoms with Crippen molar-refractivity contribution in [3.63, 3.8) is 0 Å². The summed E-state index contributed by atoms with van der Waals surface area (Å²) in [5.74, 6) is -0.857. The minimum atomic E-state index is -0.440. The van der Waals surface area contributed by atoms with Crippen LogP contribution < -0.4 is 5.32 Å². The molecule has 0 unspecified atom stereocenters. The molecule has 0 bridgehead atoms. The highest BCUT2D eigenvalue weighted by molar-refractivity contribution is 5.19. The second kappa shape index (κ2) is 5.93. The second-order valence-electron chi connectivity index (χ2n) is 4.78. The van der Waals surface area contributed by atoms with Crippen LogP contribution in [-0.4, -0.2) is 15.8 Å². The number of rotatable bonds is 5. The molecule has 1 aromatic heterocycles. The van der Waals surface area contributed by atoms with Gasteiger partial charge in [-0.15, -0.1) is 0 Å². The van der Waals surface area contributed by atoms with Gasteiger partial charge in [0.05, 0.1) is 12.2 Å². The van der Waals surface area contributed by atoms with Crippen LogP contribution in [0.3, 0.4) is 0 Å². The molecule has 0 fully saturated rings. The van der Waals surface area contributed by atoms with E-state index >= 15 is 0 Å². The Kier molecular flexibility index (Phi) is 4.27. The van der Waals surface area contributed by atoms with E-state index in [2.05, 4.69) is 24.3 Å². The fraction of sp³-hybridized carbons (Fsp3) is 0.357. The first-order chi connectivity index (χ1) is 9.04. The smallest absolute Gasteiger partial charge is 0.128 e. The van der Waals surface area contributed by atoms with Crippen molar-refractivity contribution in [2.24, 2.45) is 0 Å². The molecule has 0 amide bonds. The summed E-state index contributed by atoms with van der Waals surface area (Å²) in [4.78, 5) is 0. The number of nitrogens with one attached hydrogen (secondary N) is 1. The first-order valence-electron chi connectivity index (χ1n) is 6.24. The predicted octanol–water partition coefficient (Wildman–Crippen LogP) is 2.71. The van der Waals surface area contributed by atoms with E-state index in [1.54, 1.807) is 10.9 Å². The summed E-state index contributed by atoms with van der Waals surface area (Å²) in [5, 5.41) is 7.56. The van der Waals surface area contributed by atoms with E-state index in [1.807, 2.05) is 6.07 Å². The van der Waals surface area contributed by atoms with Gasteiger partial charge in [0.2, 0.25) is 0 Å². The fourth-order valence-corrected chi connectivity index (χ4v) is 1.73. The van der Waals surface area contributed by atoms with Crippen LogP contribution >= 0.6 is 0 Å². The van der Waals surface area contributed by atoms with Crippen LogP contribution in [0.1, 0.15) is 25.1 Å². The monoisotopic (exact) mass is 265 g/mol. The van der Waals surface area contributed by atoms with Gasteiger partial charge in [-0.2, -0.15) is 5.10 Å². The molecule has 2 aromatic rings. The third kappa shape index (κ3) is 3.86. The molecule has 0 atom stereocenters. The average molecular weight is 265 g/mol. The molecule has 1 N–H and O–H groups in total. The molecule has 5 heteroatoms. The van der Waals surface area contributed by atoms with E-state index in [-0.39, 0.29) is 6.54 Å². The summed E-state index contributed by atoms with van der Waals surface area (Å²) in [7, 11) is 0. The van der Waals surface area contributed by atoms with Crippen LogP contribution in [0.5, 0.6) is 0 Å². The molecular weight excluding hydrogens is 248 g/mol. The average Bonchev–Trinajstić information content (AvgIpc) is 2.79. The Balaban J connectivity index is 2.05. The molecule has 1 aromatic carbocycles. The lowest BCUT2D eigenvalue weighted by atomic mass is 10.2. The molecular formula is C14H17F2N3. The molecule has 2 rings (SSSR count). The van der Waals surface area contributed by atoms with Crippen molar-refractivity contribution in [3.8, 4) is 0 Å². The number of benzene rings is 1. The Labute approximate surface area is 111 Å². The quantitative estimate of drug-likeness (QED) is 0.900. The van der Waals surface area contributed by atoms with Crippen molar-refractivity contribution >= 4 is 0 Å². The lowest BCUT2D eigenvalue weighted by molar-refractivity contribution is 0.553. The van der Waals surface area contributed by atoms with Crippen LogP contribution in [0.25, 0.3) is 0 Å². The van der Waals surface area contributed by atoms with Crippen LogP contribution in [0.4, 0.5) is 8.78 Å². The van der Waals surface area contributed by atoms with Gasteiger partial charge >= 0.3 is 0 Å². The highest BCUT2D eigenvalue weighted by Gasteiger charge is 2.06. The van der Waals surface area contributed by atoms with Crippen LogP contribution in [0.15, 0.2) is 30.5 Å². The van der Waals surface area contributed by atoms with Crippen molar-refractivity contribution in [1.82, 2.24) is 15.1 Å². The topological polar surface area (TPSA) is 29.9 Å². The van der Waals surface area contributed by atoms with Gasteiger partial charge < -0.3 is 5.32 Å². The van der Waals surface area contributed by atoms with Crippen LogP contribution in [-0.2, 0) is 13.1 Å². The zero-order valence-corrected chi connectivity index (χ0v) is 11.0. The van der Waals surface area contributed by atoms with Crippen molar-refractivity contribution in [2.45, 2.75) is 33.0 Å². The summed E-state index contributed by atoms with van der Waals surface area (Å²) in [6.45, 7) is 5.00. The van der Waals surface area contributed by atoms with Gasteiger partial charge in [-0.3, -0.25) is 4.68 Å². The van der Waals surface area contributed by atoms with Gasteiger partial charge in [0.25, 0.3) is 0 Å². The Morgan fingerprint density at radius 3 is 2.79 bits per heavy atom. The number of halogens is 2. The Morgan fingerprint density at radius 1 is 1.26 bits per heavy atom. The molecule has 0 aliphatic heterocycles. The normalized spacial score (nSPS) is 11.2. The van der Waals surface area contributed by atoms with E-state index in [1.165, 1.54) is 6.07 Å². The van der Waals surface area contributed by atoms with Gasteiger partial charge in [0.15, 0.2) is 0 Å². The molecule has 19 heavy (non-hydrogen) atoms. The molecule has 1 heterocycles. The summed E-state index contributed by atoms with van der Waals surface area (Å²) in [5.41, 5.74) is 1.18. The summed E-state index contributed by atoms with van der Waals surface area (Å²) in [6.07, 6.45) is 1.77. The van der Waals surface area contributed by atoms with E-state index in [4.69, 9.17) is 0 Å². The SMILES string of the molecule is CC(C)NCc1ccn(Cc2cc(F)ccc2F)n1. The minimum absolute atomic E-state index is 0.227. The summed E-state index contributed by atoms with van der Waals surface area (Å²) >= 11 is 0. The van der Waals surface area contributed by atoms with E-state index in [9.17, 15) is 8.78 Å². The van der Waals surface area contributed by atoms with Crippen molar-refractivity contribution in [3.05, 3.63) is 53.4 Å². The maximum atomic E-state index is 13.5. The van der Waals surface area contributed by atoms with Crippen LogP contribution in [0, 0.1) is 11.6 Å². The second-order valence-corrected chi connectivity index (χ2v) is 4.78. The van der Waals surface area contributed by atoms with E-state index in [0.717, 1.165) is 17.8 Å². The number of hydrogen-bond acceptors (Lipinski definition) is 2. The number of nitrogens with zero attached hydrogens (tertiary/aromatic N) is 2. The van der Waals surface area contributed by atoms with Crippen molar-refractivity contribution in [2.75, 3.05) is 0 Å². The zero-order chi connectivity index (χ0) is 13.8. The van der Waals surface area contributed by atoms with Gasteiger partial charge in [0, 0.05) is 24.3 Å². The fourth-order valence-electron chi connectivity index (χ4n) is 1.73. The van der Waals surface area contributed by atoms with Gasteiger partial charge in [-0.25, -0.2) is 8.78 Å². The van der Waals surface area contributed by atoms with Crippen molar-refractivity contribution < 1.29 is 8.78 Å². The standard InChI is InChI=1S/C14H17F2N3/c1-10(2)17-8-13-5-6-19(18-13)9-11-7-12(15)3-4-14(11)16/h3-7,10,17H,8-9H2,1-2H3. The number of hydrogen-bond donors (Lipinski definition) is 1. The predicted molar refractivity (Wildman–Crippen MR) is 69.7 cm³/mol. The highest BCUT2D eigenvalue weighted by atomic mass is 19.1. The lowest BCUT2D eigenvalue weighted by Crippen LogP contribution is -2.22. The first-order valence-corrected chi connectivity index (χ1v) is 6.24. The Bertz CT molecular complexity index is 549. The minimum Gasteiger partial charge on any atom is -0.309 e. The summed E-state index contributed by atoms with van der Waals surface area (Å²) < 4.78 is 28.2. The molecule has 0 aliphatic carbocycles. The highest BCUT2D eigenvalue weighted by Crippen LogP contribution is 2.11. The van der Waals surface area contributed by atoms with Gasteiger partial charge in [0.1, 0.15) is 11.6 Å². The molecule has 0 spiro atoms. The third-order valence-corrected chi connectivity index (χ3v) is 2.73. The maximum absolute atomic E-state index is 13.5. The molecule has 3 nitrogen and oxygen atoms in total. The van der Waals surface area contributed by atoms with E-state index in [0.29, 0.717) is 18.2 Å². The molecule has 0 saturated heterocycles. The first kappa shape index (κ1) is 13.7. The Hall–Kier alpha value is -1.75. The molecule has 0 radical (unpaired) electrons. The Morgan fingerprint density at radius 2 is 2.05 bits per heavy atom. The van der Waals surface area contributed by atoms with Crippen LogP contribution in [0.2, 0.25) is 0 Å². The molecule has 0 saturated carbocycles. The largest absolute Gasteiger partial charge is 0.309 e. The number of aromatic nitrogens is 2. The van der Waals surface area contributed by atoms with E-state index < -0.39 is 11.6 Å². The third-order valence-electron chi connectivity index (χ3n) is 2.73. The zero-order valence-electron chi connectivity index (χ0n) is 11.0. The molecule has 0 aliphatic rings. The maximum Gasteiger partial charge on any atom is 0.128 e. The van der Waals surface area contributed by atoms with Crippen molar-refractivity contribution in [1.29, 1.82) is 0 Å². The summed E-state index contributed by atoms with van der Waals surface area (Å²) in [6, 6.07) is 5.69. The van der Waals surface area contributed by atoms with Gasteiger partial charge in [-0.1, -0.05) is 13.8 Å². The molecule has 102 valence electrons. The lowest BCUT2D eigenvalue weighted by Gasteiger charge is -2.06.